The second-order valence-corrected chi connectivity index (χ2v) is 9.30. The molecule has 3 aliphatic rings. The number of nitriles is 1. The van der Waals surface area contributed by atoms with Gasteiger partial charge in [-0.25, -0.2) is 0 Å². The summed E-state index contributed by atoms with van der Waals surface area (Å²) in [7, 11) is 0. The molecule has 1 atom stereocenters. The van der Waals surface area contributed by atoms with Crippen molar-refractivity contribution in [3.63, 3.8) is 0 Å². The number of nitrogens with zero attached hydrogens (tertiary/aromatic N) is 5. The molecule has 0 aliphatic carbocycles. The Labute approximate surface area is 212 Å². The standard InChI is InChI=1S/C25H25N7O5/c26-9-6-21(34)30-10-7-16(8-11-30)31-14-15(13-28-31)12-27-18-3-1-2-17-22(18)25(37)32(24(17)36)19-4-5-20(33)29-23(19)35/h1-3,13-14,16,19,27H,4-8,10-12H2,(H,29,33,35). The van der Waals surface area contributed by atoms with Gasteiger partial charge in [-0.1, -0.05) is 6.07 Å². The van der Waals surface area contributed by atoms with Crippen LogP contribution in [-0.4, -0.2) is 68.2 Å². The van der Waals surface area contributed by atoms with Crippen LogP contribution in [0.15, 0.2) is 30.6 Å². The second-order valence-electron chi connectivity index (χ2n) is 9.30. The lowest BCUT2D eigenvalue weighted by atomic mass is 10.0. The molecule has 12 heteroatoms. The van der Waals surface area contributed by atoms with Crippen LogP contribution in [-0.2, 0) is 20.9 Å². The van der Waals surface area contributed by atoms with Crippen LogP contribution < -0.4 is 10.6 Å². The molecule has 1 aromatic heterocycles. The average molecular weight is 504 g/mol. The molecule has 1 unspecified atom stereocenters. The van der Waals surface area contributed by atoms with Gasteiger partial charge >= 0.3 is 0 Å². The lowest BCUT2D eigenvalue weighted by molar-refractivity contribution is -0.136. The van der Waals surface area contributed by atoms with Gasteiger partial charge in [-0.3, -0.25) is 38.9 Å². The molecule has 37 heavy (non-hydrogen) atoms. The van der Waals surface area contributed by atoms with Gasteiger partial charge in [-0.15, -0.1) is 0 Å². The van der Waals surface area contributed by atoms with E-state index in [1.807, 2.05) is 16.9 Å². The smallest absolute Gasteiger partial charge is 0.264 e. The van der Waals surface area contributed by atoms with Crippen LogP contribution in [0, 0.1) is 11.3 Å². The van der Waals surface area contributed by atoms with E-state index in [0.717, 1.165) is 23.3 Å². The van der Waals surface area contributed by atoms with Crippen molar-refractivity contribution < 1.29 is 24.0 Å². The van der Waals surface area contributed by atoms with Gasteiger partial charge in [0.1, 0.15) is 12.5 Å². The van der Waals surface area contributed by atoms with Crippen molar-refractivity contribution in [3.05, 3.63) is 47.3 Å². The monoisotopic (exact) mass is 503 g/mol. The number of hydrogen-bond acceptors (Lipinski definition) is 8. The molecule has 12 nitrogen and oxygen atoms in total. The number of amides is 5. The van der Waals surface area contributed by atoms with E-state index in [1.165, 1.54) is 0 Å². The normalized spacial score (nSPS) is 20.0. The number of nitrogens with one attached hydrogen (secondary N) is 2. The van der Waals surface area contributed by atoms with E-state index in [4.69, 9.17) is 5.26 Å². The Morgan fingerprint density at radius 2 is 1.92 bits per heavy atom. The summed E-state index contributed by atoms with van der Waals surface area (Å²) < 4.78 is 1.87. The molecule has 0 bridgehead atoms. The summed E-state index contributed by atoms with van der Waals surface area (Å²) in [5.74, 6) is -2.32. The molecular weight excluding hydrogens is 478 g/mol. The van der Waals surface area contributed by atoms with E-state index in [0.29, 0.717) is 25.3 Å². The molecule has 5 amide bonds. The lowest BCUT2D eigenvalue weighted by Crippen LogP contribution is -2.54. The van der Waals surface area contributed by atoms with Crippen LogP contribution >= 0.6 is 0 Å². The first-order chi connectivity index (χ1) is 17.9. The Kier molecular flexibility index (Phi) is 6.43. The molecule has 0 spiro atoms. The molecule has 190 valence electrons. The van der Waals surface area contributed by atoms with E-state index >= 15 is 0 Å². The third-order valence-corrected chi connectivity index (χ3v) is 7.03. The maximum atomic E-state index is 13.2. The quantitative estimate of drug-likeness (QED) is 0.552. The van der Waals surface area contributed by atoms with Crippen LogP contribution in [0.1, 0.15) is 64.4 Å². The summed E-state index contributed by atoms with van der Waals surface area (Å²) in [6, 6.07) is 5.95. The van der Waals surface area contributed by atoms with Crippen LogP contribution in [0.4, 0.5) is 5.69 Å². The number of rotatable bonds is 6. The minimum atomic E-state index is -1.02. The zero-order valence-electron chi connectivity index (χ0n) is 20.0. The highest BCUT2D eigenvalue weighted by molar-refractivity contribution is 6.25. The number of anilines is 1. The Balaban J connectivity index is 1.24. The van der Waals surface area contributed by atoms with Crippen molar-refractivity contribution in [2.75, 3.05) is 18.4 Å². The molecule has 2 aromatic rings. The number of carbonyl (C=O) groups is 5. The van der Waals surface area contributed by atoms with E-state index in [1.54, 1.807) is 29.3 Å². The van der Waals surface area contributed by atoms with Gasteiger partial charge in [0.15, 0.2) is 0 Å². The number of benzene rings is 1. The molecule has 2 N–H and O–H groups in total. The SMILES string of the molecule is N#CCC(=O)N1CCC(n2cc(CNc3cccc4c3C(=O)N(C3CCC(=O)NC3=O)C4=O)cn2)CC1. The molecule has 1 aromatic carbocycles. The largest absolute Gasteiger partial charge is 0.380 e. The van der Waals surface area contributed by atoms with Crippen molar-refractivity contribution in [1.29, 1.82) is 5.26 Å². The average Bonchev–Trinajstić information content (AvgIpc) is 3.47. The highest BCUT2D eigenvalue weighted by Gasteiger charge is 2.45. The van der Waals surface area contributed by atoms with E-state index in [9.17, 15) is 24.0 Å². The predicted octanol–water partition coefficient (Wildman–Crippen LogP) is 0.974. The Hall–Kier alpha value is -4.53. The van der Waals surface area contributed by atoms with Crippen molar-refractivity contribution >= 4 is 35.2 Å². The molecule has 4 heterocycles. The van der Waals surface area contributed by atoms with Gasteiger partial charge in [0.2, 0.25) is 17.7 Å². The Morgan fingerprint density at radius 1 is 1.14 bits per heavy atom. The van der Waals surface area contributed by atoms with Gasteiger partial charge in [-0.05, 0) is 31.4 Å². The van der Waals surface area contributed by atoms with Gasteiger partial charge in [0.05, 0.1) is 29.4 Å². The number of likely N-dealkylation sites (tertiary alicyclic amines) is 1. The summed E-state index contributed by atoms with van der Waals surface area (Å²) >= 11 is 0. The predicted molar refractivity (Wildman–Crippen MR) is 128 cm³/mol. The third kappa shape index (κ3) is 4.55. The fourth-order valence-corrected chi connectivity index (χ4v) is 5.09. The first-order valence-corrected chi connectivity index (χ1v) is 12.1. The lowest BCUT2D eigenvalue weighted by Gasteiger charge is -2.31. The van der Waals surface area contributed by atoms with E-state index in [2.05, 4.69) is 15.7 Å². The van der Waals surface area contributed by atoms with Crippen LogP contribution in [0.3, 0.4) is 0 Å². The molecule has 0 radical (unpaired) electrons. The van der Waals surface area contributed by atoms with Gasteiger partial charge in [0, 0.05) is 43.5 Å². The number of hydrogen-bond donors (Lipinski definition) is 2. The molecule has 3 aliphatic heterocycles. The van der Waals surface area contributed by atoms with Gasteiger partial charge in [-0.2, -0.15) is 10.4 Å². The van der Waals surface area contributed by atoms with Crippen molar-refractivity contribution in [1.82, 2.24) is 24.9 Å². The van der Waals surface area contributed by atoms with Crippen molar-refractivity contribution in [2.45, 2.75) is 50.7 Å². The van der Waals surface area contributed by atoms with E-state index in [-0.39, 0.29) is 42.3 Å². The maximum absolute atomic E-state index is 13.2. The molecular formula is C25H25N7O5. The summed E-state index contributed by atoms with van der Waals surface area (Å²) in [4.78, 5) is 64.6. The second kappa shape index (κ2) is 9.85. The van der Waals surface area contributed by atoms with Crippen molar-refractivity contribution in [3.8, 4) is 6.07 Å². The zero-order chi connectivity index (χ0) is 26.1. The minimum absolute atomic E-state index is 0.0636. The summed E-state index contributed by atoms with van der Waals surface area (Å²) in [6.07, 6.45) is 5.18. The minimum Gasteiger partial charge on any atom is -0.380 e. The van der Waals surface area contributed by atoms with Gasteiger partial charge in [0.25, 0.3) is 11.8 Å². The Morgan fingerprint density at radius 3 is 2.65 bits per heavy atom. The van der Waals surface area contributed by atoms with Gasteiger partial charge < -0.3 is 10.2 Å². The summed E-state index contributed by atoms with van der Waals surface area (Å²) in [6.45, 7) is 1.51. The number of carbonyl (C=O) groups excluding carboxylic acids is 5. The van der Waals surface area contributed by atoms with E-state index < -0.39 is 29.7 Å². The topological polar surface area (TPSA) is 158 Å². The Bertz CT molecular complexity index is 1340. The molecule has 0 saturated carbocycles. The number of piperidine rings is 2. The van der Waals surface area contributed by atoms with Crippen LogP contribution in [0.2, 0.25) is 0 Å². The highest BCUT2D eigenvalue weighted by Crippen LogP contribution is 2.32. The number of fused-ring (bicyclic) bond motifs is 1. The zero-order valence-corrected chi connectivity index (χ0v) is 20.0. The van der Waals surface area contributed by atoms with Crippen LogP contribution in [0.25, 0.3) is 0 Å². The first kappa shape index (κ1) is 24.2. The molecule has 5 rings (SSSR count). The number of imide groups is 2. The summed E-state index contributed by atoms with van der Waals surface area (Å²) in [5, 5.41) is 18.6. The van der Waals surface area contributed by atoms with Crippen LogP contribution in [0.5, 0.6) is 0 Å². The fraction of sp³-hybridized carbons (Fsp3) is 0.400. The maximum Gasteiger partial charge on any atom is 0.264 e. The molecule has 2 fully saturated rings. The highest BCUT2D eigenvalue weighted by atomic mass is 16.2. The number of aromatic nitrogens is 2. The molecule has 2 saturated heterocycles. The third-order valence-electron chi connectivity index (χ3n) is 7.03. The summed E-state index contributed by atoms with van der Waals surface area (Å²) in [5.41, 5.74) is 1.77. The fourth-order valence-electron chi connectivity index (χ4n) is 5.09. The van der Waals surface area contributed by atoms with Crippen molar-refractivity contribution in [2.24, 2.45) is 0 Å². The first-order valence-electron chi connectivity index (χ1n) is 12.1.